The fourth-order valence-corrected chi connectivity index (χ4v) is 3.40. The zero-order chi connectivity index (χ0) is 24.4. The standard InChI is InChI=1S/C21H22ClN5O7/c1-10(2)18(29)25-20-24-17-16(19(30)26-20)23-9-27(17)15-7-13(28)14(34-15)8-32-21(31)33-12-5-3-11(22)4-6-12/h3-6,9-10,13-15,28H,7-8H2,1-2H3,(H2,24,25,26,29,30)/t13-,14+,15+/m0/s1. The van der Waals surface area contributed by atoms with Crippen molar-refractivity contribution in [2.75, 3.05) is 11.9 Å². The molecule has 34 heavy (non-hydrogen) atoms. The number of H-pyrrole nitrogens is 1. The molecule has 1 aliphatic heterocycles. The highest BCUT2D eigenvalue weighted by atomic mass is 35.5. The summed E-state index contributed by atoms with van der Waals surface area (Å²) in [4.78, 5) is 47.1. The number of aliphatic hydroxyl groups is 1. The van der Waals surface area contributed by atoms with E-state index in [0.29, 0.717) is 5.02 Å². The number of nitrogens with zero attached hydrogens (tertiary/aromatic N) is 3. The molecule has 0 aliphatic carbocycles. The molecule has 0 bridgehead atoms. The van der Waals surface area contributed by atoms with Crippen molar-refractivity contribution in [1.29, 1.82) is 0 Å². The average molecular weight is 492 g/mol. The van der Waals surface area contributed by atoms with Gasteiger partial charge in [0.2, 0.25) is 11.9 Å². The molecule has 0 spiro atoms. The number of amides is 1. The number of anilines is 1. The number of nitrogens with one attached hydrogen (secondary N) is 2. The van der Waals surface area contributed by atoms with Crippen LogP contribution in [0.15, 0.2) is 35.4 Å². The lowest BCUT2D eigenvalue weighted by molar-refractivity contribution is -0.118. The predicted molar refractivity (Wildman–Crippen MR) is 120 cm³/mol. The van der Waals surface area contributed by atoms with Crippen molar-refractivity contribution in [3.8, 4) is 5.75 Å². The maximum absolute atomic E-state index is 12.4. The first-order valence-corrected chi connectivity index (χ1v) is 10.8. The van der Waals surface area contributed by atoms with Gasteiger partial charge in [-0.1, -0.05) is 25.4 Å². The van der Waals surface area contributed by atoms with E-state index in [1.165, 1.54) is 23.0 Å². The Morgan fingerprint density at radius 3 is 2.79 bits per heavy atom. The van der Waals surface area contributed by atoms with Crippen molar-refractivity contribution >= 4 is 40.8 Å². The molecule has 4 rings (SSSR count). The first-order valence-electron chi connectivity index (χ1n) is 10.4. The third-order valence-electron chi connectivity index (χ3n) is 5.09. The Morgan fingerprint density at radius 1 is 1.35 bits per heavy atom. The van der Waals surface area contributed by atoms with E-state index in [4.69, 9.17) is 25.8 Å². The molecule has 0 radical (unpaired) electrons. The van der Waals surface area contributed by atoms with E-state index < -0.39 is 30.2 Å². The van der Waals surface area contributed by atoms with E-state index in [2.05, 4.69) is 20.3 Å². The number of hydrogen-bond donors (Lipinski definition) is 3. The van der Waals surface area contributed by atoms with Gasteiger partial charge in [-0.15, -0.1) is 0 Å². The molecule has 3 atom stereocenters. The summed E-state index contributed by atoms with van der Waals surface area (Å²) in [6.45, 7) is 3.15. The van der Waals surface area contributed by atoms with Gasteiger partial charge < -0.3 is 19.3 Å². The van der Waals surface area contributed by atoms with Crippen LogP contribution in [0.1, 0.15) is 26.5 Å². The topological polar surface area (TPSA) is 158 Å². The first kappa shape index (κ1) is 23.7. The van der Waals surface area contributed by atoms with Crippen LogP contribution in [-0.4, -0.2) is 55.5 Å². The minimum Gasteiger partial charge on any atom is -0.431 e. The molecule has 1 aliphatic rings. The SMILES string of the molecule is CC(C)C(=O)Nc1nc2c(ncn2[C@H]2C[C@H](O)[C@@H](COC(=O)Oc3ccc(Cl)cc3)O2)c(=O)[nH]1. The highest BCUT2D eigenvalue weighted by Gasteiger charge is 2.37. The van der Waals surface area contributed by atoms with Crippen LogP contribution in [0, 0.1) is 5.92 Å². The summed E-state index contributed by atoms with van der Waals surface area (Å²) in [6, 6.07) is 6.15. The van der Waals surface area contributed by atoms with Gasteiger partial charge in [0.15, 0.2) is 11.2 Å². The third kappa shape index (κ3) is 5.19. The summed E-state index contributed by atoms with van der Waals surface area (Å²) in [5.74, 6) is -0.404. The molecular formula is C21H22ClN5O7. The van der Waals surface area contributed by atoms with Crippen LogP contribution < -0.4 is 15.6 Å². The fraction of sp³-hybridized carbons (Fsp3) is 0.381. The maximum Gasteiger partial charge on any atom is 0.513 e. The number of carbonyl (C=O) groups excluding carboxylic acids is 2. The minimum absolute atomic E-state index is 0.0266. The van der Waals surface area contributed by atoms with E-state index in [-0.39, 0.29) is 47.7 Å². The van der Waals surface area contributed by atoms with Crippen LogP contribution in [0.4, 0.5) is 10.7 Å². The normalized spacial score (nSPS) is 20.0. The van der Waals surface area contributed by atoms with Crippen molar-refractivity contribution in [2.24, 2.45) is 5.92 Å². The van der Waals surface area contributed by atoms with Gasteiger partial charge in [-0.25, -0.2) is 9.78 Å². The third-order valence-corrected chi connectivity index (χ3v) is 5.34. The second kappa shape index (κ2) is 9.79. The lowest BCUT2D eigenvalue weighted by Crippen LogP contribution is -2.28. The van der Waals surface area contributed by atoms with Gasteiger partial charge >= 0.3 is 6.16 Å². The van der Waals surface area contributed by atoms with Gasteiger partial charge in [0.1, 0.15) is 24.7 Å². The van der Waals surface area contributed by atoms with E-state index in [1.807, 2.05) is 0 Å². The number of benzene rings is 1. The zero-order valence-electron chi connectivity index (χ0n) is 18.2. The lowest BCUT2D eigenvalue weighted by atomic mass is 10.2. The van der Waals surface area contributed by atoms with Crippen molar-refractivity contribution in [2.45, 2.75) is 38.7 Å². The van der Waals surface area contributed by atoms with Gasteiger partial charge in [-0.2, -0.15) is 4.98 Å². The van der Waals surface area contributed by atoms with Crippen LogP contribution >= 0.6 is 11.6 Å². The van der Waals surface area contributed by atoms with E-state index in [1.54, 1.807) is 26.0 Å². The Balaban J connectivity index is 1.43. The molecule has 1 fully saturated rings. The minimum atomic E-state index is -0.965. The molecule has 180 valence electrons. The Kier molecular flexibility index (Phi) is 6.82. The van der Waals surface area contributed by atoms with Crippen molar-refractivity contribution in [1.82, 2.24) is 19.5 Å². The van der Waals surface area contributed by atoms with Crippen molar-refractivity contribution in [3.05, 3.63) is 46.0 Å². The number of aliphatic hydroxyl groups excluding tert-OH is 1. The maximum atomic E-state index is 12.4. The monoisotopic (exact) mass is 491 g/mol. The number of ether oxygens (including phenoxy) is 3. The van der Waals surface area contributed by atoms with Gasteiger partial charge in [-0.3, -0.25) is 24.5 Å². The predicted octanol–water partition coefficient (Wildman–Crippen LogP) is 2.23. The van der Waals surface area contributed by atoms with Gasteiger partial charge in [0, 0.05) is 17.4 Å². The van der Waals surface area contributed by atoms with E-state index in [9.17, 15) is 19.5 Å². The van der Waals surface area contributed by atoms with Gasteiger partial charge in [0.25, 0.3) is 5.56 Å². The molecule has 1 amide bonds. The number of halogens is 1. The molecule has 0 saturated carbocycles. The smallest absolute Gasteiger partial charge is 0.431 e. The highest BCUT2D eigenvalue weighted by Crippen LogP contribution is 2.31. The lowest BCUT2D eigenvalue weighted by Gasteiger charge is -2.16. The summed E-state index contributed by atoms with van der Waals surface area (Å²) in [5, 5.41) is 13.4. The van der Waals surface area contributed by atoms with Crippen LogP contribution in [0.25, 0.3) is 11.2 Å². The average Bonchev–Trinajstić information content (AvgIpc) is 3.37. The Bertz CT molecular complexity index is 1260. The number of aromatic amines is 1. The fourth-order valence-electron chi connectivity index (χ4n) is 3.27. The Labute approximate surface area is 197 Å². The molecule has 12 nitrogen and oxygen atoms in total. The van der Waals surface area contributed by atoms with Crippen LogP contribution in [0.3, 0.4) is 0 Å². The summed E-state index contributed by atoms with van der Waals surface area (Å²) in [7, 11) is 0. The van der Waals surface area contributed by atoms with Crippen LogP contribution in [0.2, 0.25) is 5.02 Å². The summed E-state index contributed by atoms with van der Waals surface area (Å²) >= 11 is 5.79. The van der Waals surface area contributed by atoms with Gasteiger partial charge in [-0.05, 0) is 24.3 Å². The molecule has 13 heteroatoms. The molecule has 3 aromatic rings. The summed E-state index contributed by atoms with van der Waals surface area (Å²) in [6.07, 6.45) is -2.02. The van der Waals surface area contributed by atoms with Gasteiger partial charge in [0.05, 0.1) is 12.4 Å². The number of imidazole rings is 1. The summed E-state index contributed by atoms with van der Waals surface area (Å²) in [5.41, 5.74) is -0.318. The molecule has 0 unspecified atom stereocenters. The number of hydrogen-bond acceptors (Lipinski definition) is 9. The first-order chi connectivity index (χ1) is 16.2. The highest BCUT2D eigenvalue weighted by molar-refractivity contribution is 6.30. The number of aromatic nitrogens is 4. The quantitative estimate of drug-likeness (QED) is 0.347. The second-order valence-electron chi connectivity index (χ2n) is 7.93. The largest absolute Gasteiger partial charge is 0.513 e. The zero-order valence-corrected chi connectivity index (χ0v) is 19.0. The Hall–Kier alpha value is -3.48. The molecule has 3 heterocycles. The van der Waals surface area contributed by atoms with E-state index >= 15 is 0 Å². The number of fused-ring (bicyclic) bond motifs is 1. The molecule has 1 saturated heterocycles. The number of carbonyl (C=O) groups is 2. The number of rotatable bonds is 6. The second-order valence-corrected chi connectivity index (χ2v) is 8.37. The van der Waals surface area contributed by atoms with Crippen LogP contribution in [0.5, 0.6) is 5.75 Å². The van der Waals surface area contributed by atoms with Crippen molar-refractivity contribution < 1.29 is 28.9 Å². The van der Waals surface area contributed by atoms with E-state index in [0.717, 1.165) is 0 Å². The summed E-state index contributed by atoms with van der Waals surface area (Å²) < 4.78 is 17.4. The molecular weight excluding hydrogens is 470 g/mol. The van der Waals surface area contributed by atoms with Crippen molar-refractivity contribution in [3.63, 3.8) is 0 Å². The molecule has 2 aromatic heterocycles. The molecule has 1 aromatic carbocycles. The van der Waals surface area contributed by atoms with Crippen LogP contribution in [-0.2, 0) is 14.3 Å². The molecule has 3 N–H and O–H groups in total. The Morgan fingerprint density at radius 2 is 2.09 bits per heavy atom.